The van der Waals surface area contributed by atoms with Gasteiger partial charge in [0.2, 0.25) is 0 Å². The Morgan fingerprint density at radius 2 is 1.87 bits per heavy atom. The van der Waals surface area contributed by atoms with Crippen LogP contribution >= 0.6 is 11.6 Å². The van der Waals surface area contributed by atoms with Gasteiger partial charge in [-0.3, -0.25) is 4.79 Å². The summed E-state index contributed by atoms with van der Waals surface area (Å²) in [6.07, 6.45) is 4.54. The topological polar surface area (TPSA) is 74.6 Å². The zero-order valence-corrected chi connectivity index (χ0v) is 16.8. The number of nitrogens with zero attached hydrogens (tertiary/aromatic N) is 1. The van der Waals surface area contributed by atoms with Crippen LogP contribution in [0.15, 0.2) is 16.5 Å². The fourth-order valence-electron chi connectivity index (χ4n) is 5.62. The number of benzene rings is 1. The molecule has 4 aliphatic rings. The fraction of sp³-hybridized carbons (Fsp3) is 0.524. The van der Waals surface area contributed by atoms with Crippen molar-refractivity contribution >= 4 is 40.2 Å². The maximum Gasteiger partial charge on any atom is 0.319 e. The lowest BCUT2D eigenvalue weighted by Crippen LogP contribution is -2.52. The molecule has 3 amide bonds. The van der Waals surface area contributed by atoms with Gasteiger partial charge in [-0.25, -0.2) is 13.6 Å². The van der Waals surface area contributed by atoms with E-state index in [4.69, 9.17) is 16.0 Å². The van der Waals surface area contributed by atoms with Crippen molar-refractivity contribution in [1.82, 2.24) is 10.2 Å². The minimum Gasteiger partial charge on any atom is -0.450 e. The van der Waals surface area contributed by atoms with Gasteiger partial charge in [0.1, 0.15) is 5.58 Å². The summed E-state index contributed by atoms with van der Waals surface area (Å²) in [6.45, 7) is 0.0991. The van der Waals surface area contributed by atoms with E-state index in [0.717, 1.165) is 37.7 Å². The third-order valence-corrected chi connectivity index (χ3v) is 7.53. The van der Waals surface area contributed by atoms with Crippen LogP contribution in [0.4, 0.5) is 19.3 Å². The van der Waals surface area contributed by atoms with Gasteiger partial charge in [0.05, 0.1) is 28.1 Å². The highest BCUT2D eigenvalue weighted by Gasteiger charge is 2.72. The van der Waals surface area contributed by atoms with Crippen LogP contribution in [0.5, 0.6) is 0 Å². The Morgan fingerprint density at radius 1 is 1.17 bits per heavy atom. The molecule has 3 heterocycles. The molecule has 1 aromatic heterocycles. The monoisotopic (exact) mass is 435 g/mol. The largest absolute Gasteiger partial charge is 0.450 e. The lowest BCUT2D eigenvalue weighted by atomic mass is 9.74. The van der Waals surface area contributed by atoms with Crippen molar-refractivity contribution in [3.63, 3.8) is 0 Å². The predicted octanol–water partition coefficient (Wildman–Crippen LogP) is 4.72. The van der Waals surface area contributed by atoms with Crippen LogP contribution in [-0.2, 0) is 5.54 Å². The van der Waals surface area contributed by atoms with E-state index < -0.39 is 23.3 Å². The summed E-state index contributed by atoms with van der Waals surface area (Å²) in [6, 6.07) is 3.00. The average Bonchev–Trinajstić information content (AvgIpc) is 3.12. The van der Waals surface area contributed by atoms with Gasteiger partial charge in [0.15, 0.2) is 5.76 Å². The molecule has 1 saturated heterocycles. The second-order valence-corrected chi connectivity index (χ2v) is 9.36. The van der Waals surface area contributed by atoms with Gasteiger partial charge in [0.25, 0.3) is 11.8 Å². The maximum absolute atomic E-state index is 13.5. The van der Waals surface area contributed by atoms with E-state index in [9.17, 15) is 18.4 Å². The van der Waals surface area contributed by atoms with Gasteiger partial charge >= 0.3 is 6.03 Å². The Kier molecular flexibility index (Phi) is 3.60. The van der Waals surface area contributed by atoms with Gasteiger partial charge in [-0.15, -0.1) is 0 Å². The van der Waals surface area contributed by atoms with E-state index in [1.807, 2.05) is 0 Å². The Labute approximate surface area is 175 Å². The third-order valence-electron chi connectivity index (χ3n) is 7.23. The van der Waals surface area contributed by atoms with E-state index in [2.05, 4.69) is 10.6 Å². The lowest BCUT2D eigenvalue weighted by Gasteiger charge is -2.42. The Hall–Kier alpha value is -2.35. The Balaban J connectivity index is 1.43. The van der Waals surface area contributed by atoms with E-state index >= 15 is 0 Å². The Bertz CT molecular complexity index is 1090. The number of anilines is 1. The summed E-state index contributed by atoms with van der Waals surface area (Å²) in [5.41, 5.74) is 1.22. The molecule has 2 N–H and O–H groups in total. The fourth-order valence-corrected chi connectivity index (χ4v) is 5.88. The number of fused-ring (bicyclic) bond motifs is 5. The van der Waals surface area contributed by atoms with E-state index in [1.165, 1.54) is 4.90 Å². The first kappa shape index (κ1) is 18.4. The van der Waals surface area contributed by atoms with Crippen LogP contribution in [0.25, 0.3) is 11.0 Å². The molecule has 2 aromatic rings. The number of carbonyl (C=O) groups excluding carboxylic acids is 2. The number of nitrogens with one attached hydrogen (secondary N) is 2. The number of piperidine rings is 1. The second-order valence-electron chi connectivity index (χ2n) is 8.96. The lowest BCUT2D eigenvalue weighted by molar-refractivity contribution is 0.0443. The number of rotatable bonds is 1. The van der Waals surface area contributed by atoms with Gasteiger partial charge in [0, 0.05) is 24.0 Å². The molecule has 2 unspecified atom stereocenters. The molecule has 2 saturated carbocycles. The number of urea groups is 1. The van der Waals surface area contributed by atoms with Crippen LogP contribution < -0.4 is 10.6 Å². The van der Waals surface area contributed by atoms with Crippen molar-refractivity contribution < 1.29 is 22.8 Å². The summed E-state index contributed by atoms with van der Waals surface area (Å²) in [5, 5.41) is 6.91. The number of halogens is 3. The molecular formula is C21H20ClF2N3O3. The summed E-state index contributed by atoms with van der Waals surface area (Å²) >= 11 is 6.50. The number of furan rings is 1. The third kappa shape index (κ3) is 2.40. The zero-order chi connectivity index (χ0) is 20.8. The summed E-state index contributed by atoms with van der Waals surface area (Å²) < 4.78 is 33.0. The molecule has 2 aliphatic heterocycles. The maximum atomic E-state index is 13.5. The highest BCUT2D eigenvalue weighted by molar-refractivity contribution is 6.35. The van der Waals surface area contributed by atoms with Crippen molar-refractivity contribution in [3.8, 4) is 0 Å². The van der Waals surface area contributed by atoms with Crippen molar-refractivity contribution in [2.24, 2.45) is 11.8 Å². The van der Waals surface area contributed by atoms with E-state index in [0.29, 0.717) is 21.7 Å². The van der Waals surface area contributed by atoms with Crippen LogP contribution in [-0.4, -0.2) is 35.9 Å². The number of amides is 3. The minimum absolute atomic E-state index is 0.0496. The normalized spacial score (nSPS) is 28.1. The molecule has 1 spiro atoms. The highest BCUT2D eigenvalue weighted by atomic mass is 35.5. The first-order valence-electron chi connectivity index (χ1n) is 10.3. The molecule has 6 rings (SSSR count). The van der Waals surface area contributed by atoms with E-state index in [-0.39, 0.29) is 30.8 Å². The first-order chi connectivity index (χ1) is 14.3. The van der Waals surface area contributed by atoms with Crippen molar-refractivity contribution in [2.45, 2.75) is 43.6 Å². The number of hydrogen-bond donors (Lipinski definition) is 2. The number of carbonyl (C=O) groups is 2. The molecule has 30 heavy (non-hydrogen) atoms. The Morgan fingerprint density at radius 3 is 2.57 bits per heavy atom. The smallest absolute Gasteiger partial charge is 0.319 e. The SMILES string of the molecule is O=C1Nc2c(Cl)cc3cc(C(=O)N4CC5C(C4)C5(F)F)oc3c2C2(CCCCC2)N1. The predicted molar refractivity (Wildman–Crippen MR) is 106 cm³/mol. The van der Waals surface area contributed by atoms with Gasteiger partial charge in [-0.05, 0) is 25.0 Å². The summed E-state index contributed by atoms with van der Waals surface area (Å²) in [5.74, 6) is -4.39. The highest BCUT2D eigenvalue weighted by Crippen LogP contribution is 2.59. The van der Waals surface area contributed by atoms with Crippen LogP contribution in [0.3, 0.4) is 0 Å². The van der Waals surface area contributed by atoms with Gasteiger partial charge in [-0.2, -0.15) is 0 Å². The molecule has 9 heteroatoms. The van der Waals surface area contributed by atoms with Gasteiger partial charge in [-0.1, -0.05) is 30.9 Å². The number of hydrogen-bond acceptors (Lipinski definition) is 3. The van der Waals surface area contributed by atoms with Crippen molar-refractivity contribution in [1.29, 1.82) is 0 Å². The quantitative estimate of drug-likeness (QED) is 0.680. The first-order valence-corrected chi connectivity index (χ1v) is 10.7. The summed E-state index contributed by atoms with van der Waals surface area (Å²) in [7, 11) is 0. The molecule has 2 atom stereocenters. The molecule has 0 bridgehead atoms. The average molecular weight is 436 g/mol. The molecule has 0 radical (unpaired) electrons. The van der Waals surface area contributed by atoms with Crippen LogP contribution in [0, 0.1) is 11.8 Å². The number of alkyl halides is 2. The van der Waals surface area contributed by atoms with Crippen LogP contribution in [0.2, 0.25) is 5.02 Å². The van der Waals surface area contributed by atoms with Crippen molar-refractivity contribution in [3.05, 3.63) is 28.5 Å². The number of likely N-dealkylation sites (tertiary alicyclic amines) is 1. The standard InChI is InChI=1S/C21H20ClF2N3O3/c22-13-6-10-7-14(18(28)27-8-11-12(9-27)21(11,23)24)30-17(10)15-16(13)25-19(29)26-20(15)4-2-1-3-5-20/h6-7,11-12H,1-5,8-9H2,(H2,25,26,29). The molecule has 3 fully saturated rings. The molecule has 1 aromatic carbocycles. The van der Waals surface area contributed by atoms with Gasteiger partial charge < -0.3 is 20.0 Å². The second kappa shape index (κ2) is 5.87. The molecule has 2 aliphatic carbocycles. The summed E-state index contributed by atoms with van der Waals surface area (Å²) in [4.78, 5) is 26.7. The molecular weight excluding hydrogens is 416 g/mol. The van der Waals surface area contributed by atoms with Crippen LogP contribution in [0.1, 0.15) is 48.2 Å². The molecule has 158 valence electrons. The zero-order valence-electron chi connectivity index (χ0n) is 16.1. The molecule has 6 nitrogen and oxygen atoms in total. The van der Waals surface area contributed by atoms with E-state index in [1.54, 1.807) is 12.1 Å². The van der Waals surface area contributed by atoms with Crippen molar-refractivity contribution in [2.75, 3.05) is 18.4 Å². The minimum atomic E-state index is -2.64.